The highest BCUT2D eigenvalue weighted by atomic mass is 79.9. The summed E-state index contributed by atoms with van der Waals surface area (Å²) in [5.74, 6) is 0.943. The van der Waals surface area contributed by atoms with Crippen molar-refractivity contribution in [1.29, 1.82) is 0 Å². The summed E-state index contributed by atoms with van der Waals surface area (Å²) in [6.07, 6.45) is 6.36. The number of nitrogens with one attached hydrogen (secondary N) is 4. The minimum absolute atomic E-state index is 0.0424. The Morgan fingerprint density at radius 2 is 1.17 bits per heavy atom. The molecule has 36 heavy (non-hydrogen) atoms. The molecule has 7 rings (SSSR count). The first kappa shape index (κ1) is 22.4. The smallest absolute Gasteiger partial charge is 0.109 e. The van der Waals surface area contributed by atoms with Crippen LogP contribution in [-0.2, 0) is 0 Å². The Balaban J connectivity index is 1.34. The lowest BCUT2D eigenvalue weighted by atomic mass is 9.89. The van der Waals surface area contributed by atoms with Crippen molar-refractivity contribution in [3.05, 3.63) is 103 Å². The Kier molecular flexibility index (Phi) is 5.38. The molecule has 1 aliphatic rings. The fraction of sp³-hybridized carbons (Fsp3) is 0.107. The molecule has 6 aromatic rings. The molecule has 0 fully saturated rings. The number of benzene rings is 3. The van der Waals surface area contributed by atoms with Gasteiger partial charge in [-0.25, -0.2) is 0 Å². The van der Waals surface area contributed by atoms with Crippen LogP contribution in [0.25, 0.3) is 32.7 Å². The van der Waals surface area contributed by atoms with Crippen LogP contribution in [0, 0.1) is 0 Å². The van der Waals surface area contributed by atoms with Crippen LogP contribution in [-0.4, -0.2) is 27.3 Å². The molecule has 3 aromatic carbocycles. The van der Waals surface area contributed by atoms with Gasteiger partial charge < -0.3 is 20.3 Å². The van der Waals surface area contributed by atoms with Gasteiger partial charge in [0.25, 0.3) is 0 Å². The van der Waals surface area contributed by atoms with E-state index in [0.717, 1.165) is 35.8 Å². The van der Waals surface area contributed by atoms with E-state index in [0.29, 0.717) is 6.54 Å². The molecule has 0 saturated carbocycles. The summed E-state index contributed by atoms with van der Waals surface area (Å²) in [6.45, 7) is 0.691. The summed E-state index contributed by atoms with van der Waals surface area (Å²) in [4.78, 5) is 15.5. The van der Waals surface area contributed by atoms with E-state index >= 15 is 0 Å². The fourth-order valence-electron chi connectivity index (χ4n) is 5.40. The van der Waals surface area contributed by atoms with Crippen molar-refractivity contribution in [2.75, 3.05) is 6.54 Å². The number of rotatable bonds is 4. The van der Waals surface area contributed by atoms with Crippen molar-refractivity contribution >= 4 is 86.3 Å². The lowest BCUT2D eigenvalue weighted by Gasteiger charge is -2.20. The Morgan fingerprint density at radius 1 is 0.667 bits per heavy atom. The highest BCUT2D eigenvalue weighted by molar-refractivity contribution is 9.11. The second-order valence-electron chi connectivity index (χ2n) is 9.16. The number of aromatic amines is 3. The van der Waals surface area contributed by atoms with Gasteiger partial charge in [0.05, 0.1) is 18.5 Å². The molecule has 178 valence electrons. The molecule has 0 aliphatic carbocycles. The summed E-state index contributed by atoms with van der Waals surface area (Å²) in [5.41, 5.74) is 6.97. The van der Waals surface area contributed by atoms with Gasteiger partial charge in [0, 0.05) is 70.3 Å². The number of hydrogen-bond acceptors (Lipinski definition) is 2. The summed E-state index contributed by atoms with van der Waals surface area (Å²) < 4.78 is 3.18. The molecule has 0 radical (unpaired) electrons. The largest absolute Gasteiger partial charge is 0.364 e. The Morgan fingerprint density at radius 3 is 1.75 bits per heavy atom. The standard InChI is InChI=1S/C28H20Br3N5/c29-14-1-4-17-20(10-32-23(17)7-14)26-13-35-28(36-26)27(21-11-33-24-8-15(30)2-5-18(21)24)22-12-34-25-9-16(31)3-6-19(22)25/h1-12,26-27,32-34H,13H2,(H,35,36)/t26-/m1/s1. The quantitative estimate of drug-likeness (QED) is 0.150. The highest BCUT2D eigenvalue weighted by Crippen LogP contribution is 2.39. The van der Waals surface area contributed by atoms with E-state index in [9.17, 15) is 0 Å². The van der Waals surface area contributed by atoms with E-state index in [-0.39, 0.29) is 12.0 Å². The first-order valence-electron chi connectivity index (χ1n) is 11.7. The van der Waals surface area contributed by atoms with Gasteiger partial charge in [-0.2, -0.15) is 0 Å². The van der Waals surface area contributed by atoms with E-state index in [1.54, 1.807) is 0 Å². The maximum absolute atomic E-state index is 5.09. The number of H-pyrrole nitrogens is 3. The van der Waals surface area contributed by atoms with Gasteiger partial charge in [-0.1, -0.05) is 66.0 Å². The molecule has 8 heteroatoms. The molecule has 4 heterocycles. The number of nitrogens with zero attached hydrogens (tertiary/aromatic N) is 1. The molecule has 4 N–H and O–H groups in total. The van der Waals surface area contributed by atoms with Gasteiger partial charge in [0.2, 0.25) is 0 Å². The predicted octanol–water partition coefficient (Wildman–Crippen LogP) is 8.29. The zero-order chi connectivity index (χ0) is 24.4. The van der Waals surface area contributed by atoms with Crippen molar-refractivity contribution in [3.63, 3.8) is 0 Å². The van der Waals surface area contributed by atoms with Crippen LogP contribution in [0.2, 0.25) is 0 Å². The minimum Gasteiger partial charge on any atom is -0.364 e. The van der Waals surface area contributed by atoms with Crippen molar-refractivity contribution in [2.45, 2.75) is 12.0 Å². The molecule has 0 spiro atoms. The molecule has 0 saturated heterocycles. The predicted molar refractivity (Wildman–Crippen MR) is 158 cm³/mol. The number of halogens is 3. The molecule has 0 unspecified atom stereocenters. The molecule has 0 bridgehead atoms. The number of hydrogen-bond donors (Lipinski definition) is 4. The molecular weight excluding hydrogens is 646 g/mol. The molecule has 1 atom stereocenters. The third-order valence-corrected chi connectivity index (χ3v) is 8.54. The van der Waals surface area contributed by atoms with Crippen LogP contribution in [0.3, 0.4) is 0 Å². The van der Waals surface area contributed by atoms with E-state index in [2.05, 4.69) is 141 Å². The van der Waals surface area contributed by atoms with Crippen molar-refractivity contribution in [2.24, 2.45) is 4.99 Å². The maximum atomic E-state index is 5.09. The first-order chi connectivity index (χ1) is 17.5. The van der Waals surface area contributed by atoms with Crippen molar-refractivity contribution < 1.29 is 0 Å². The van der Waals surface area contributed by atoms with Crippen LogP contribution in [0.1, 0.15) is 28.7 Å². The average molecular weight is 666 g/mol. The second kappa shape index (κ2) is 8.64. The van der Waals surface area contributed by atoms with E-state index < -0.39 is 0 Å². The third kappa shape index (κ3) is 3.66. The highest BCUT2D eigenvalue weighted by Gasteiger charge is 2.32. The van der Waals surface area contributed by atoms with Gasteiger partial charge in [0.15, 0.2) is 0 Å². The normalized spacial score (nSPS) is 15.9. The van der Waals surface area contributed by atoms with Crippen LogP contribution in [0.4, 0.5) is 0 Å². The van der Waals surface area contributed by atoms with Gasteiger partial charge in [-0.15, -0.1) is 0 Å². The lowest BCUT2D eigenvalue weighted by Crippen LogP contribution is -2.29. The molecule has 1 aliphatic heterocycles. The zero-order valence-corrected chi connectivity index (χ0v) is 23.6. The average Bonchev–Trinajstić information content (AvgIpc) is 3.65. The van der Waals surface area contributed by atoms with Crippen LogP contribution >= 0.6 is 47.8 Å². The summed E-state index contributed by atoms with van der Waals surface area (Å²) in [6, 6.07) is 19.3. The van der Waals surface area contributed by atoms with Gasteiger partial charge in [-0.05, 0) is 47.5 Å². The molecule has 5 nitrogen and oxygen atoms in total. The second-order valence-corrected chi connectivity index (χ2v) is 11.9. The van der Waals surface area contributed by atoms with Crippen LogP contribution in [0.5, 0.6) is 0 Å². The third-order valence-electron chi connectivity index (χ3n) is 7.06. The molecule has 0 amide bonds. The maximum Gasteiger partial charge on any atom is 0.109 e. The Hall–Kier alpha value is -2.81. The zero-order valence-electron chi connectivity index (χ0n) is 18.9. The van der Waals surface area contributed by atoms with Crippen LogP contribution in [0.15, 0.2) is 91.6 Å². The topological polar surface area (TPSA) is 71.8 Å². The molecular formula is C28H20Br3N5. The van der Waals surface area contributed by atoms with E-state index in [1.165, 1.54) is 32.8 Å². The van der Waals surface area contributed by atoms with E-state index in [1.807, 2.05) is 0 Å². The summed E-state index contributed by atoms with van der Waals surface area (Å²) >= 11 is 10.8. The summed E-state index contributed by atoms with van der Waals surface area (Å²) in [7, 11) is 0. The number of fused-ring (bicyclic) bond motifs is 3. The molecule has 3 aromatic heterocycles. The van der Waals surface area contributed by atoms with E-state index in [4.69, 9.17) is 4.99 Å². The minimum atomic E-state index is -0.0424. The first-order valence-corrected chi connectivity index (χ1v) is 14.0. The lowest BCUT2D eigenvalue weighted by molar-refractivity contribution is 0.709. The Bertz CT molecular complexity index is 1730. The van der Waals surface area contributed by atoms with Gasteiger partial charge in [0.1, 0.15) is 5.84 Å². The van der Waals surface area contributed by atoms with Crippen LogP contribution < -0.4 is 5.32 Å². The van der Waals surface area contributed by atoms with Crippen molar-refractivity contribution in [1.82, 2.24) is 20.3 Å². The monoisotopic (exact) mass is 663 g/mol. The summed E-state index contributed by atoms with van der Waals surface area (Å²) in [5, 5.41) is 7.41. The number of aromatic nitrogens is 3. The SMILES string of the molecule is Brc1ccc2c(C(C3=NC[C@H](c4c[nH]c5cc(Br)ccc45)N3)c3c[nH]c4cc(Br)ccc34)c[nH]c2c1. The van der Waals surface area contributed by atoms with Gasteiger partial charge in [-0.3, -0.25) is 4.99 Å². The number of amidine groups is 1. The van der Waals surface area contributed by atoms with Gasteiger partial charge >= 0.3 is 0 Å². The number of aliphatic imine (C=N–C) groups is 1. The Labute approximate surface area is 232 Å². The van der Waals surface area contributed by atoms with Crippen molar-refractivity contribution in [3.8, 4) is 0 Å². The fourth-order valence-corrected chi connectivity index (χ4v) is 6.48.